The standard InChI is InChI=1S/C22H34N4O2/c1-3-19(23-2)21(27)25-17-10-7-11-18-12-13-20(26(18)15-17)22(28)24-14-16-8-5-4-6-9-16/h4-6,8-9,17-20,23H,3,7,10-15H2,1-2H3,(H,24,28)(H,25,27)/p+1/t17-,18-,19-,20-/m0/s1. The lowest BCUT2D eigenvalue weighted by Crippen LogP contribution is -2.89. The molecule has 0 aliphatic carbocycles. The van der Waals surface area contributed by atoms with Gasteiger partial charge >= 0.3 is 0 Å². The maximum atomic E-state index is 12.9. The lowest BCUT2D eigenvalue weighted by Gasteiger charge is -2.30. The fourth-order valence-corrected chi connectivity index (χ4v) is 4.65. The molecule has 2 aliphatic heterocycles. The molecule has 2 amide bonds. The van der Waals surface area contributed by atoms with Gasteiger partial charge in [-0.2, -0.15) is 0 Å². The van der Waals surface area contributed by atoms with Crippen molar-refractivity contribution in [2.45, 2.75) is 76.2 Å². The van der Waals surface area contributed by atoms with Crippen LogP contribution in [0, 0.1) is 0 Å². The van der Waals surface area contributed by atoms with Crippen LogP contribution in [0.1, 0.15) is 51.0 Å². The molecule has 0 unspecified atom stereocenters. The van der Waals surface area contributed by atoms with Crippen molar-refractivity contribution in [2.75, 3.05) is 13.6 Å². The third kappa shape index (κ3) is 5.11. The Labute approximate surface area is 168 Å². The zero-order valence-corrected chi connectivity index (χ0v) is 17.2. The summed E-state index contributed by atoms with van der Waals surface area (Å²) in [7, 11) is 1.95. The summed E-state index contributed by atoms with van der Waals surface area (Å²) in [6, 6.07) is 10.5. The molecule has 3 rings (SSSR count). The van der Waals surface area contributed by atoms with Gasteiger partial charge in [0, 0.05) is 31.6 Å². The Kier molecular flexibility index (Phi) is 7.45. The molecule has 0 spiro atoms. The molecule has 0 saturated carbocycles. The van der Waals surface area contributed by atoms with Crippen molar-refractivity contribution in [1.82, 2.24) is 15.5 Å². The molecule has 1 aromatic rings. The second-order valence-corrected chi connectivity index (χ2v) is 8.13. The maximum absolute atomic E-state index is 12.9. The van der Waals surface area contributed by atoms with Gasteiger partial charge in [-0.05, 0) is 37.7 Å². The number of carbonyl (C=O) groups excluding carboxylic acids is 2. The van der Waals surface area contributed by atoms with E-state index in [-0.39, 0.29) is 29.9 Å². The first kappa shape index (κ1) is 20.8. The predicted octanol–water partition coefficient (Wildman–Crippen LogP) is 0.776. The molecule has 6 heteroatoms. The van der Waals surface area contributed by atoms with E-state index >= 15 is 0 Å². The van der Waals surface area contributed by atoms with Crippen molar-refractivity contribution >= 4 is 11.8 Å². The van der Waals surface area contributed by atoms with E-state index in [9.17, 15) is 9.59 Å². The van der Waals surface area contributed by atoms with Crippen molar-refractivity contribution < 1.29 is 14.9 Å². The summed E-state index contributed by atoms with van der Waals surface area (Å²) in [6.45, 7) is 3.39. The number of fused-ring (bicyclic) bond motifs is 1. The quantitative estimate of drug-likeness (QED) is 0.647. The average molecular weight is 388 g/mol. The molecular formula is C22H35N4O2+. The molecule has 2 aliphatic rings. The normalized spacial score (nSPS) is 26.1. The number of likely N-dealkylation sites (N-methyl/N-ethyl adjacent to an activating group) is 1. The Morgan fingerprint density at radius 3 is 2.68 bits per heavy atom. The van der Waals surface area contributed by atoms with E-state index in [0.717, 1.165) is 50.6 Å². The monoisotopic (exact) mass is 387 g/mol. The molecule has 0 bridgehead atoms. The molecule has 28 heavy (non-hydrogen) atoms. The summed E-state index contributed by atoms with van der Waals surface area (Å²) in [5, 5.41) is 8.34. The third-order valence-electron chi connectivity index (χ3n) is 6.30. The number of carbonyl (C=O) groups is 2. The van der Waals surface area contributed by atoms with Crippen molar-refractivity contribution in [1.29, 1.82) is 0 Å². The van der Waals surface area contributed by atoms with Crippen LogP contribution in [0.5, 0.6) is 0 Å². The van der Waals surface area contributed by atoms with Gasteiger partial charge in [0.15, 0.2) is 6.04 Å². The average Bonchev–Trinajstić information content (AvgIpc) is 2.99. The summed E-state index contributed by atoms with van der Waals surface area (Å²) in [4.78, 5) is 27.7. The fourth-order valence-electron chi connectivity index (χ4n) is 4.65. The summed E-state index contributed by atoms with van der Waals surface area (Å²) >= 11 is 0. The summed E-state index contributed by atoms with van der Waals surface area (Å²) in [5.74, 6) is 0.240. The molecule has 2 heterocycles. The number of benzene rings is 1. The predicted molar refractivity (Wildman–Crippen MR) is 110 cm³/mol. The minimum Gasteiger partial charge on any atom is -0.351 e. The molecule has 4 N–H and O–H groups in total. The summed E-state index contributed by atoms with van der Waals surface area (Å²) < 4.78 is 0. The van der Waals surface area contributed by atoms with E-state index in [2.05, 4.69) is 15.5 Å². The highest BCUT2D eigenvalue weighted by molar-refractivity contribution is 5.82. The molecule has 2 fully saturated rings. The molecule has 6 nitrogen and oxygen atoms in total. The fraction of sp³-hybridized carbons (Fsp3) is 0.636. The number of nitrogens with one attached hydrogen (secondary N) is 2. The third-order valence-corrected chi connectivity index (χ3v) is 6.30. The van der Waals surface area contributed by atoms with Crippen LogP contribution in [0.3, 0.4) is 0 Å². The first-order chi connectivity index (χ1) is 13.6. The SMILES string of the molecule is CC[C@H]([NH2+]C)C(=O)N[C@H]1CCC[C@H]2CC[C@@H](C(=O)NCc3ccccc3)N2C1. The topological polar surface area (TPSA) is 78.0 Å². The number of quaternary nitrogens is 1. The Morgan fingerprint density at radius 2 is 1.96 bits per heavy atom. The zero-order chi connectivity index (χ0) is 19.9. The van der Waals surface area contributed by atoms with Crippen LogP contribution in [-0.4, -0.2) is 54.5 Å². The van der Waals surface area contributed by atoms with Crippen LogP contribution in [0.15, 0.2) is 30.3 Å². The van der Waals surface area contributed by atoms with Crippen molar-refractivity contribution in [3.05, 3.63) is 35.9 Å². The van der Waals surface area contributed by atoms with Crippen molar-refractivity contribution in [3.63, 3.8) is 0 Å². The smallest absolute Gasteiger partial charge is 0.278 e. The van der Waals surface area contributed by atoms with Crippen LogP contribution in [0.25, 0.3) is 0 Å². The number of rotatable bonds is 7. The molecule has 0 radical (unpaired) electrons. The largest absolute Gasteiger partial charge is 0.351 e. The Bertz CT molecular complexity index is 647. The van der Waals surface area contributed by atoms with E-state index in [1.54, 1.807) is 0 Å². The van der Waals surface area contributed by atoms with Crippen LogP contribution in [0.2, 0.25) is 0 Å². The number of nitrogens with zero attached hydrogens (tertiary/aromatic N) is 1. The number of hydrogen-bond acceptors (Lipinski definition) is 3. The van der Waals surface area contributed by atoms with Gasteiger partial charge in [-0.3, -0.25) is 14.5 Å². The highest BCUT2D eigenvalue weighted by Crippen LogP contribution is 2.31. The van der Waals surface area contributed by atoms with Crippen molar-refractivity contribution in [3.8, 4) is 0 Å². The minimum atomic E-state index is -0.0778. The molecule has 0 aromatic heterocycles. The van der Waals surface area contributed by atoms with E-state index in [4.69, 9.17) is 0 Å². The van der Waals surface area contributed by atoms with Gasteiger partial charge in [0.25, 0.3) is 5.91 Å². The van der Waals surface area contributed by atoms with Crippen molar-refractivity contribution in [2.24, 2.45) is 0 Å². The second-order valence-electron chi connectivity index (χ2n) is 8.13. The first-order valence-corrected chi connectivity index (χ1v) is 10.8. The van der Waals surface area contributed by atoms with Gasteiger partial charge in [-0.25, -0.2) is 0 Å². The Balaban J connectivity index is 1.58. The summed E-state index contributed by atoms with van der Waals surface area (Å²) in [6.07, 6.45) is 6.03. The molecule has 4 atom stereocenters. The maximum Gasteiger partial charge on any atom is 0.278 e. The number of amides is 2. The number of hydrogen-bond donors (Lipinski definition) is 3. The number of nitrogens with two attached hydrogens (primary N) is 1. The van der Waals surface area contributed by atoms with Crippen LogP contribution >= 0.6 is 0 Å². The van der Waals surface area contributed by atoms with Crippen LogP contribution < -0.4 is 16.0 Å². The zero-order valence-electron chi connectivity index (χ0n) is 17.2. The minimum absolute atomic E-state index is 0.0254. The van der Waals surface area contributed by atoms with E-state index in [1.165, 1.54) is 0 Å². The first-order valence-electron chi connectivity index (χ1n) is 10.8. The van der Waals surface area contributed by atoms with Gasteiger partial charge < -0.3 is 16.0 Å². The molecule has 154 valence electrons. The van der Waals surface area contributed by atoms with E-state index < -0.39 is 0 Å². The lowest BCUT2D eigenvalue weighted by atomic mass is 10.1. The van der Waals surface area contributed by atoms with Gasteiger partial charge in [0.1, 0.15) is 0 Å². The van der Waals surface area contributed by atoms with E-state index in [0.29, 0.717) is 12.6 Å². The highest BCUT2D eigenvalue weighted by Gasteiger charge is 2.40. The van der Waals surface area contributed by atoms with Gasteiger partial charge in [-0.1, -0.05) is 37.3 Å². The van der Waals surface area contributed by atoms with Crippen LogP contribution in [-0.2, 0) is 16.1 Å². The van der Waals surface area contributed by atoms with Gasteiger partial charge in [0.05, 0.1) is 13.1 Å². The van der Waals surface area contributed by atoms with Crippen LogP contribution in [0.4, 0.5) is 0 Å². The second kappa shape index (κ2) is 10.0. The Hall–Kier alpha value is -1.92. The summed E-state index contributed by atoms with van der Waals surface area (Å²) in [5.41, 5.74) is 1.12. The Morgan fingerprint density at radius 1 is 1.18 bits per heavy atom. The molecular weight excluding hydrogens is 352 g/mol. The highest BCUT2D eigenvalue weighted by atomic mass is 16.2. The lowest BCUT2D eigenvalue weighted by molar-refractivity contribution is -0.650. The van der Waals surface area contributed by atoms with E-state index in [1.807, 2.05) is 49.6 Å². The van der Waals surface area contributed by atoms with Gasteiger partial charge in [-0.15, -0.1) is 0 Å². The molecule has 1 aromatic carbocycles. The molecule has 2 saturated heterocycles. The van der Waals surface area contributed by atoms with Gasteiger partial charge in [0.2, 0.25) is 5.91 Å².